The molecule has 1 atom stereocenters. The highest BCUT2D eigenvalue weighted by Gasteiger charge is 2.49. The van der Waals surface area contributed by atoms with Gasteiger partial charge in [-0.25, -0.2) is 8.78 Å². The molecule has 1 heterocycles. The number of carboxylic acids is 1. The summed E-state index contributed by atoms with van der Waals surface area (Å²) >= 11 is 0. The first-order chi connectivity index (χ1) is 10.7. The number of nitrogens with zero attached hydrogens (tertiary/aromatic N) is 1. The summed E-state index contributed by atoms with van der Waals surface area (Å²) in [5.74, 6) is -4.16. The first-order valence-electron chi connectivity index (χ1n) is 7.29. The minimum Gasteiger partial charge on any atom is -0.493 e. The van der Waals surface area contributed by atoms with E-state index >= 15 is 0 Å². The summed E-state index contributed by atoms with van der Waals surface area (Å²) < 4.78 is 32.6. The SMILES string of the molecule is COc1c(F)ccc(F)c1C(=O)N1CCC(C(=O)O)(C(C)C)C1. The molecule has 1 aromatic rings. The van der Waals surface area contributed by atoms with Gasteiger partial charge < -0.3 is 14.7 Å². The summed E-state index contributed by atoms with van der Waals surface area (Å²) in [7, 11) is 1.15. The number of methoxy groups -OCH3 is 1. The number of carbonyl (C=O) groups excluding carboxylic acids is 1. The molecular weight excluding hydrogens is 308 g/mol. The first kappa shape index (κ1) is 17.2. The second-order valence-electron chi connectivity index (χ2n) is 6.03. The first-order valence-corrected chi connectivity index (χ1v) is 7.29. The third-order valence-corrected chi connectivity index (χ3v) is 4.60. The van der Waals surface area contributed by atoms with E-state index in [9.17, 15) is 23.5 Å². The predicted octanol–water partition coefficient (Wildman–Crippen LogP) is 2.55. The second-order valence-corrected chi connectivity index (χ2v) is 6.03. The number of rotatable bonds is 4. The number of ether oxygens (including phenoxy) is 1. The van der Waals surface area contributed by atoms with Crippen molar-refractivity contribution in [3.05, 3.63) is 29.3 Å². The monoisotopic (exact) mass is 327 g/mol. The van der Waals surface area contributed by atoms with Gasteiger partial charge in [-0.2, -0.15) is 0 Å². The zero-order chi connectivity index (χ0) is 17.4. The Morgan fingerprint density at radius 2 is 1.91 bits per heavy atom. The van der Waals surface area contributed by atoms with Crippen molar-refractivity contribution >= 4 is 11.9 Å². The van der Waals surface area contributed by atoms with Crippen molar-refractivity contribution in [1.82, 2.24) is 4.90 Å². The van der Waals surface area contributed by atoms with E-state index in [-0.39, 0.29) is 25.4 Å². The van der Waals surface area contributed by atoms with E-state index in [0.29, 0.717) is 0 Å². The van der Waals surface area contributed by atoms with Gasteiger partial charge in [-0.15, -0.1) is 0 Å². The summed E-state index contributed by atoms with van der Waals surface area (Å²) in [6, 6.07) is 1.73. The molecule has 5 nitrogen and oxygen atoms in total. The molecule has 7 heteroatoms. The molecule has 1 amide bonds. The van der Waals surface area contributed by atoms with Gasteiger partial charge in [-0.05, 0) is 24.5 Å². The Bertz CT molecular complexity index is 647. The lowest BCUT2D eigenvalue weighted by molar-refractivity contribution is -0.150. The fourth-order valence-electron chi connectivity index (χ4n) is 2.99. The Morgan fingerprint density at radius 1 is 1.30 bits per heavy atom. The van der Waals surface area contributed by atoms with Crippen molar-refractivity contribution in [2.45, 2.75) is 20.3 Å². The van der Waals surface area contributed by atoms with E-state index in [1.165, 1.54) is 4.90 Å². The lowest BCUT2D eigenvalue weighted by atomic mass is 9.76. The van der Waals surface area contributed by atoms with Gasteiger partial charge in [-0.1, -0.05) is 13.8 Å². The van der Waals surface area contributed by atoms with E-state index in [4.69, 9.17) is 4.74 Å². The molecule has 0 aromatic heterocycles. The molecule has 0 radical (unpaired) electrons. The van der Waals surface area contributed by atoms with Crippen LogP contribution in [0.15, 0.2) is 12.1 Å². The van der Waals surface area contributed by atoms with E-state index < -0.39 is 40.2 Å². The normalized spacial score (nSPS) is 20.9. The summed E-state index contributed by atoms with van der Waals surface area (Å²) in [5, 5.41) is 9.51. The van der Waals surface area contributed by atoms with Crippen molar-refractivity contribution in [2.75, 3.05) is 20.2 Å². The predicted molar refractivity (Wildman–Crippen MR) is 78.3 cm³/mol. The Balaban J connectivity index is 2.37. The molecule has 23 heavy (non-hydrogen) atoms. The zero-order valence-electron chi connectivity index (χ0n) is 13.2. The van der Waals surface area contributed by atoms with Gasteiger partial charge >= 0.3 is 5.97 Å². The number of amides is 1. The quantitative estimate of drug-likeness (QED) is 0.923. The van der Waals surface area contributed by atoms with E-state index in [2.05, 4.69) is 0 Å². The number of benzene rings is 1. The number of halogens is 2. The van der Waals surface area contributed by atoms with Crippen LogP contribution in [0.3, 0.4) is 0 Å². The molecule has 1 aliphatic rings. The molecular formula is C16H19F2NO4. The number of hydrogen-bond donors (Lipinski definition) is 1. The number of hydrogen-bond acceptors (Lipinski definition) is 3. The van der Waals surface area contributed by atoms with E-state index in [1.54, 1.807) is 13.8 Å². The Morgan fingerprint density at radius 3 is 2.39 bits per heavy atom. The van der Waals surface area contributed by atoms with Gasteiger partial charge in [0, 0.05) is 13.1 Å². The summed E-state index contributed by atoms with van der Waals surface area (Å²) in [5.41, 5.74) is -1.58. The fourth-order valence-corrected chi connectivity index (χ4v) is 2.99. The van der Waals surface area contributed by atoms with Crippen molar-refractivity contribution in [3.8, 4) is 5.75 Å². The third-order valence-electron chi connectivity index (χ3n) is 4.60. The molecule has 1 aromatic carbocycles. The van der Waals surface area contributed by atoms with Gasteiger partial charge in [0.05, 0.1) is 12.5 Å². The molecule has 1 N–H and O–H groups in total. The Kier molecular flexibility index (Phi) is 4.58. The van der Waals surface area contributed by atoms with Crippen LogP contribution in [0, 0.1) is 23.0 Å². The highest BCUT2D eigenvalue weighted by atomic mass is 19.1. The van der Waals surface area contributed by atoms with Crippen LogP contribution in [-0.2, 0) is 4.79 Å². The molecule has 2 rings (SSSR count). The fraction of sp³-hybridized carbons (Fsp3) is 0.500. The third kappa shape index (κ3) is 2.75. The lowest BCUT2D eigenvalue weighted by Crippen LogP contribution is -2.40. The van der Waals surface area contributed by atoms with Crippen molar-refractivity contribution in [1.29, 1.82) is 0 Å². The molecule has 1 saturated heterocycles. The second kappa shape index (κ2) is 6.14. The molecule has 1 fully saturated rings. The minimum atomic E-state index is -1.08. The van der Waals surface area contributed by atoms with Crippen LogP contribution in [0.1, 0.15) is 30.6 Å². The maximum Gasteiger partial charge on any atom is 0.311 e. The Labute approximate surface area is 132 Å². The molecule has 0 spiro atoms. The van der Waals surface area contributed by atoms with Crippen LogP contribution < -0.4 is 4.74 Å². The highest BCUT2D eigenvalue weighted by molar-refractivity contribution is 5.98. The minimum absolute atomic E-state index is 0.0437. The van der Waals surface area contributed by atoms with E-state index in [0.717, 1.165) is 19.2 Å². The van der Waals surface area contributed by atoms with Gasteiger partial charge in [0.2, 0.25) is 0 Å². The smallest absolute Gasteiger partial charge is 0.311 e. The van der Waals surface area contributed by atoms with Crippen molar-refractivity contribution in [3.63, 3.8) is 0 Å². The Hall–Kier alpha value is -2.18. The largest absolute Gasteiger partial charge is 0.493 e. The average Bonchev–Trinajstić information content (AvgIpc) is 2.95. The molecule has 0 saturated carbocycles. The summed E-state index contributed by atoms with van der Waals surface area (Å²) in [6.07, 6.45) is 0.269. The molecule has 1 aliphatic heterocycles. The highest BCUT2D eigenvalue weighted by Crippen LogP contribution is 2.39. The van der Waals surface area contributed by atoms with E-state index in [1.807, 2.05) is 0 Å². The van der Waals surface area contributed by atoms with Gasteiger partial charge in [0.25, 0.3) is 5.91 Å². The van der Waals surface area contributed by atoms with Crippen LogP contribution in [0.5, 0.6) is 5.75 Å². The lowest BCUT2D eigenvalue weighted by Gasteiger charge is -2.28. The van der Waals surface area contributed by atoms with Gasteiger partial charge in [-0.3, -0.25) is 9.59 Å². The van der Waals surface area contributed by atoms with Gasteiger partial charge in [0.1, 0.15) is 11.4 Å². The number of likely N-dealkylation sites (tertiary alicyclic amines) is 1. The number of carboxylic acid groups (broad SMARTS) is 1. The van der Waals surface area contributed by atoms with Gasteiger partial charge in [0.15, 0.2) is 11.6 Å². The summed E-state index contributed by atoms with van der Waals surface area (Å²) in [4.78, 5) is 25.4. The van der Waals surface area contributed by atoms with Crippen molar-refractivity contribution in [2.24, 2.45) is 11.3 Å². The topological polar surface area (TPSA) is 66.8 Å². The number of aliphatic carboxylic acids is 1. The van der Waals surface area contributed by atoms with Crippen LogP contribution in [0.25, 0.3) is 0 Å². The average molecular weight is 327 g/mol. The van der Waals surface area contributed by atoms with Crippen LogP contribution in [0.4, 0.5) is 8.78 Å². The molecule has 126 valence electrons. The molecule has 0 aliphatic carbocycles. The zero-order valence-corrected chi connectivity index (χ0v) is 13.2. The van der Waals surface area contributed by atoms with Crippen molar-refractivity contribution < 1.29 is 28.2 Å². The summed E-state index contributed by atoms with van der Waals surface area (Å²) in [6.45, 7) is 3.66. The van der Waals surface area contributed by atoms with Crippen LogP contribution in [-0.4, -0.2) is 42.1 Å². The molecule has 1 unspecified atom stereocenters. The van der Waals surface area contributed by atoms with Crippen LogP contribution in [0.2, 0.25) is 0 Å². The molecule has 0 bridgehead atoms. The standard InChI is InChI=1S/C16H19F2NO4/c1-9(2)16(15(21)22)6-7-19(8-16)14(20)12-10(17)4-5-11(18)13(12)23-3/h4-5,9H,6-8H2,1-3H3,(H,21,22). The maximum absolute atomic E-state index is 14.0. The number of carbonyl (C=O) groups is 2. The maximum atomic E-state index is 14.0. The van der Waals surface area contributed by atoms with Crippen LogP contribution >= 0.6 is 0 Å².